The van der Waals surface area contributed by atoms with Gasteiger partial charge < -0.3 is 9.64 Å². The number of methoxy groups -OCH3 is 1. The van der Waals surface area contributed by atoms with Crippen LogP contribution in [0, 0.1) is 13.8 Å². The average Bonchev–Trinajstić information content (AvgIpc) is 2.21. The Balaban J connectivity index is 3.17. The van der Waals surface area contributed by atoms with Crippen LogP contribution in [0.4, 0.5) is 0 Å². The molecule has 0 bridgehead atoms. The Morgan fingerprint density at radius 2 is 1.73 bits per heavy atom. The molecule has 0 saturated heterocycles. The number of hydrogen-bond acceptors (Lipinski definition) is 2. The molecule has 2 heteroatoms. The molecular formula is C13H21NO. The standard InChI is InChI=1S/C13H21NO/c1-9-10(2)13(15-6)8-7-12(9)11(3)14(4)5/h7-8,11H,1-6H3. The second-order valence-corrected chi connectivity index (χ2v) is 4.25. The van der Waals surface area contributed by atoms with Crippen molar-refractivity contribution in [3.8, 4) is 5.75 Å². The van der Waals surface area contributed by atoms with Crippen molar-refractivity contribution in [1.29, 1.82) is 0 Å². The molecular weight excluding hydrogens is 186 g/mol. The fraction of sp³-hybridized carbons (Fsp3) is 0.538. The highest BCUT2D eigenvalue weighted by atomic mass is 16.5. The van der Waals surface area contributed by atoms with Crippen molar-refractivity contribution in [3.63, 3.8) is 0 Å². The molecule has 0 spiro atoms. The minimum atomic E-state index is 0.439. The zero-order valence-corrected chi connectivity index (χ0v) is 10.6. The number of benzene rings is 1. The lowest BCUT2D eigenvalue weighted by molar-refractivity contribution is 0.319. The van der Waals surface area contributed by atoms with Crippen LogP contribution in [-0.4, -0.2) is 26.1 Å². The van der Waals surface area contributed by atoms with E-state index in [1.807, 2.05) is 0 Å². The van der Waals surface area contributed by atoms with Crippen molar-refractivity contribution in [2.75, 3.05) is 21.2 Å². The summed E-state index contributed by atoms with van der Waals surface area (Å²) < 4.78 is 5.31. The van der Waals surface area contributed by atoms with E-state index in [4.69, 9.17) is 4.74 Å². The van der Waals surface area contributed by atoms with Crippen LogP contribution in [0.5, 0.6) is 5.75 Å². The summed E-state index contributed by atoms with van der Waals surface area (Å²) in [5, 5.41) is 0. The molecule has 0 saturated carbocycles. The SMILES string of the molecule is COc1ccc(C(C)N(C)C)c(C)c1C. The Hall–Kier alpha value is -1.02. The van der Waals surface area contributed by atoms with E-state index in [0.29, 0.717) is 6.04 Å². The molecule has 0 aliphatic carbocycles. The van der Waals surface area contributed by atoms with Crippen molar-refractivity contribution in [1.82, 2.24) is 4.90 Å². The van der Waals surface area contributed by atoms with E-state index in [-0.39, 0.29) is 0 Å². The molecule has 15 heavy (non-hydrogen) atoms. The monoisotopic (exact) mass is 207 g/mol. The molecule has 2 nitrogen and oxygen atoms in total. The third kappa shape index (κ3) is 2.32. The maximum atomic E-state index is 5.31. The molecule has 0 radical (unpaired) electrons. The summed E-state index contributed by atoms with van der Waals surface area (Å²) in [6.07, 6.45) is 0. The van der Waals surface area contributed by atoms with E-state index < -0.39 is 0 Å². The van der Waals surface area contributed by atoms with Gasteiger partial charge in [0.15, 0.2) is 0 Å². The second kappa shape index (κ2) is 4.67. The summed E-state index contributed by atoms with van der Waals surface area (Å²) in [4.78, 5) is 2.22. The molecule has 84 valence electrons. The van der Waals surface area contributed by atoms with Gasteiger partial charge >= 0.3 is 0 Å². The Bertz CT molecular complexity index is 345. The minimum Gasteiger partial charge on any atom is -0.496 e. The largest absolute Gasteiger partial charge is 0.496 e. The number of nitrogens with zero attached hydrogens (tertiary/aromatic N) is 1. The molecule has 1 unspecified atom stereocenters. The topological polar surface area (TPSA) is 12.5 Å². The smallest absolute Gasteiger partial charge is 0.122 e. The highest BCUT2D eigenvalue weighted by Gasteiger charge is 2.13. The summed E-state index contributed by atoms with van der Waals surface area (Å²) >= 11 is 0. The third-order valence-corrected chi connectivity index (χ3v) is 3.22. The number of ether oxygens (including phenoxy) is 1. The molecule has 0 aliphatic heterocycles. The molecule has 0 heterocycles. The highest BCUT2D eigenvalue weighted by Crippen LogP contribution is 2.29. The van der Waals surface area contributed by atoms with E-state index in [9.17, 15) is 0 Å². The Kier molecular flexibility index (Phi) is 3.75. The Morgan fingerprint density at radius 3 is 2.20 bits per heavy atom. The second-order valence-electron chi connectivity index (χ2n) is 4.25. The van der Waals surface area contributed by atoms with Crippen LogP contribution >= 0.6 is 0 Å². The Morgan fingerprint density at radius 1 is 1.13 bits per heavy atom. The van der Waals surface area contributed by atoms with E-state index in [2.05, 4.69) is 51.9 Å². The van der Waals surface area contributed by atoms with Crippen LogP contribution in [0.3, 0.4) is 0 Å². The first-order chi connectivity index (χ1) is 6.99. The van der Waals surface area contributed by atoms with Gasteiger partial charge in [-0.1, -0.05) is 6.07 Å². The molecule has 1 atom stereocenters. The lowest BCUT2D eigenvalue weighted by Gasteiger charge is -2.23. The van der Waals surface area contributed by atoms with Crippen LogP contribution in [0.25, 0.3) is 0 Å². The minimum absolute atomic E-state index is 0.439. The van der Waals surface area contributed by atoms with Gasteiger partial charge in [-0.2, -0.15) is 0 Å². The van der Waals surface area contributed by atoms with Gasteiger partial charge in [0.25, 0.3) is 0 Å². The zero-order chi connectivity index (χ0) is 11.6. The number of hydrogen-bond donors (Lipinski definition) is 0. The summed E-state index contributed by atoms with van der Waals surface area (Å²) in [5.74, 6) is 0.974. The lowest BCUT2D eigenvalue weighted by Crippen LogP contribution is -2.18. The van der Waals surface area contributed by atoms with Gasteiger partial charge in [0, 0.05) is 6.04 Å². The van der Waals surface area contributed by atoms with Crippen molar-refractivity contribution in [2.45, 2.75) is 26.8 Å². The maximum Gasteiger partial charge on any atom is 0.122 e. The van der Waals surface area contributed by atoms with Crippen molar-refractivity contribution < 1.29 is 4.74 Å². The summed E-state index contributed by atoms with van der Waals surface area (Å²) in [5.41, 5.74) is 3.94. The van der Waals surface area contributed by atoms with Gasteiger partial charge in [0.1, 0.15) is 5.75 Å². The van der Waals surface area contributed by atoms with Gasteiger partial charge in [-0.15, -0.1) is 0 Å². The van der Waals surface area contributed by atoms with Crippen molar-refractivity contribution in [3.05, 3.63) is 28.8 Å². The van der Waals surface area contributed by atoms with Gasteiger partial charge in [-0.25, -0.2) is 0 Å². The fourth-order valence-corrected chi connectivity index (χ4v) is 1.77. The number of rotatable bonds is 3. The molecule has 0 aliphatic rings. The molecule has 0 N–H and O–H groups in total. The van der Waals surface area contributed by atoms with Gasteiger partial charge in [-0.05, 0) is 57.6 Å². The molecule has 0 amide bonds. The van der Waals surface area contributed by atoms with Crippen LogP contribution in [0.15, 0.2) is 12.1 Å². The fourth-order valence-electron chi connectivity index (χ4n) is 1.77. The van der Waals surface area contributed by atoms with Crippen LogP contribution in [0.2, 0.25) is 0 Å². The van der Waals surface area contributed by atoms with Gasteiger partial charge in [-0.3, -0.25) is 0 Å². The zero-order valence-electron chi connectivity index (χ0n) is 10.6. The predicted octanol–water partition coefficient (Wildman–Crippen LogP) is 2.93. The van der Waals surface area contributed by atoms with Crippen molar-refractivity contribution in [2.24, 2.45) is 0 Å². The quantitative estimate of drug-likeness (QED) is 0.755. The normalized spacial score (nSPS) is 13.0. The summed E-state index contributed by atoms with van der Waals surface area (Å²) in [6.45, 7) is 6.49. The van der Waals surface area contributed by atoms with Gasteiger partial charge in [0.2, 0.25) is 0 Å². The molecule has 1 aromatic carbocycles. The first-order valence-electron chi connectivity index (χ1n) is 5.29. The predicted molar refractivity (Wildman–Crippen MR) is 64.6 cm³/mol. The van der Waals surface area contributed by atoms with E-state index in [0.717, 1.165) is 5.75 Å². The van der Waals surface area contributed by atoms with Crippen LogP contribution in [0.1, 0.15) is 29.7 Å². The average molecular weight is 207 g/mol. The molecule has 0 aromatic heterocycles. The lowest BCUT2D eigenvalue weighted by atomic mass is 9.97. The first kappa shape index (κ1) is 12.1. The van der Waals surface area contributed by atoms with Crippen LogP contribution in [-0.2, 0) is 0 Å². The maximum absolute atomic E-state index is 5.31. The molecule has 0 fully saturated rings. The van der Waals surface area contributed by atoms with E-state index in [1.54, 1.807) is 7.11 Å². The van der Waals surface area contributed by atoms with Crippen molar-refractivity contribution >= 4 is 0 Å². The van der Waals surface area contributed by atoms with Crippen LogP contribution < -0.4 is 4.74 Å². The molecule has 1 rings (SSSR count). The summed E-state index contributed by atoms with van der Waals surface area (Å²) in [6, 6.07) is 4.65. The highest BCUT2D eigenvalue weighted by molar-refractivity contribution is 5.44. The van der Waals surface area contributed by atoms with E-state index in [1.165, 1.54) is 16.7 Å². The molecule has 1 aromatic rings. The van der Waals surface area contributed by atoms with E-state index >= 15 is 0 Å². The summed E-state index contributed by atoms with van der Waals surface area (Å²) in [7, 11) is 5.92. The third-order valence-electron chi connectivity index (χ3n) is 3.22. The van der Waals surface area contributed by atoms with Gasteiger partial charge in [0.05, 0.1) is 7.11 Å². The Labute approximate surface area is 92.9 Å². The first-order valence-corrected chi connectivity index (χ1v) is 5.29.